The van der Waals surface area contributed by atoms with Crippen LogP contribution in [-0.4, -0.2) is 38.2 Å². The number of hydrogen-bond donors (Lipinski definition) is 1. The highest BCUT2D eigenvalue weighted by Gasteiger charge is 2.27. The van der Waals surface area contributed by atoms with Crippen LogP contribution in [0.2, 0.25) is 0 Å². The molecule has 0 atom stereocenters. The van der Waals surface area contributed by atoms with Crippen molar-refractivity contribution in [1.29, 1.82) is 0 Å². The van der Waals surface area contributed by atoms with Gasteiger partial charge in [0.05, 0.1) is 17.5 Å². The number of nitrogens with zero attached hydrogens (tertiary/aromatic N) is 2. The van der Waals surface area contributed by atoms with E-state index in [1.54, 1.807) is 18.2 Å². The van der Waals surface area contributed by atoms with Gasteiger partial charge in [-0.3, -0.25) is 4.31 Å². The minimum atomic E-state index is -3.92. The molecule has 0 fully saturated rings. The zero-order valence-electron chi connectivity index (χ0n) is 13.5. The predicted octanol–water partition coefficient (Wildman–Crippen LogP) is 2.36. The van der Waals surface area contributed by atoms with Gasteiger partial charge < -0.3 is 18.8 Å². The van der Waals surface area contributed by atoms with Crippen molar-refractivity contribution in [3.63, 3.8) is 0 Å². The third-order valence-electron chi connectivity index (χ3n) is 3.83. The van der Waals surface area contributed by atoms with Crippen LogP contribution in [0.1, 0.15) is 10.5 Å². The van der Waals surface area contributed by atoms with Gasteiger partial charge in [-0.15, -0.1) is 0 Å². The number of para-hydroxylation sites is 1. The number of sulfonamides is 1. The summed E-state index contributed by atoms with van der Waals surface area (Å²) in [5, 5.41) is 9.80. The van der Waals surface area contributed by atoms with Crippen molar-refractivity contribution >= 4 is 32.6 Å². The largest absolute Gasteiger partial charge is 0.477 e. The molecule has 0 saturated carbocycles. The number of hydrogen-bond acceptors (Lipinski definition) is 5. The molecule has 0 bridgehead atoms. The maximum atomic E-state index is 12.7. The molecule has 0 radical (unpaired) electrons. The fourth-order valence-corrected chi connectivity index (χ4v) is 3.78. The van der Waals surface area contributed by atoms with Crippen molar-refractivity contribution in [3.05, 3.63) is 48.4 Å². The van der Waals surface area contributed by atoms with Crippen LogP contribution < -0.4 is 4.31 Å². The van der Waals surface area contributed by atoms with Gasteiger partial charge >= 0.3 is 5.97 Å². The highest BCUT2D eigenvalue weighted by Crippen LogP contribution is 2.32. The van der Waals surface area contributed by atoms with Gasteiger partial charge in [-0.1, -0.05) is 12.1 Å². The fraction of sp³-hybridized carbons (Fsp3) is 0.188. The van der Waals surface area contributed by atoms with Gasteiger partial charge in [-0.25, -0.2) is 4.79 Å². The second kappa shape index (κ2) is 6.26. The lowest BCUT2D eigenvalue weighted by Gasteiger charge is -2.20. The van der Waals surface area contributed by atoms with Crippen LogP contribution in [0.25, 0.3) is 10.9 Å². The number of anilines is 1. The van der Waals surface area contributed by atoms with Crippen LogP contribution in [0.3, 0.4) is 0 Å². The first-order valence-electron chi connectivity index (χ1n) is 7.25. The Bertz CT molecular complexity index is 1020. The summed E-state index contributed by atoms with van der Waals surface area (Å²) in [6, 6.07) is 9.29. The van der Waals surface area contributed by atoms with E-state index in [4.69, 9.17) is 9.15 Å². The molecule has 1 N–H and O–H groups in total. The predicted molar refractivity (Wildman–Crippen MR) is 90.2 cm³/mol. The van der Waals surface area contributed by atoms with Gasteiger partial charge in [0.1, 0.15) is 12.4 Å². The first kappa shape index (κ1) is 17.1. The van der Waals surface area contributed by atoms with Crippen molar-refractivity contribution in [3.8, 4) is 0 Å². The van der Waals surface area contributed by atoms with Gasteiger partial charge in [0.2, 0.25) is 5.09 Å². The van der Waals surface area contributed by atoms with Crippen molar-refractivity contribution in [1.82, 2.24) is 4.57 Å². The van der Waals surface area contributed by atoms with E-state index in [0.717, 1.165) is 4.31 Å². The van der Waals surface area contributed by atoms with Crippen LogP contribution in [0.15, 0.2) is 52.2 Å². The number of furan rings is 1. The van der Waals surface area contributed by atoms with Crippen LogP contribution in [0.5, 0.6) is 0 Å². The molecule has 0 unspecified atom stereocenters. The molecule has 9 heteroatoms. The van der Waals surface area contributed by atoms with Crippen LogP contribution in [0, 0.1) is 0 Å². The third kappa shape index (κ3) is 2.77. The molecule has 2 heterocycles. The van der Waals surface area contributed by atoms with Gasteiger partial charge in [0, 0.05) is 19.5 Å². The summed E-state index contributed by atoms with van der Waals surface area (Å²) < 4.78 is 38.0. The molecular weight excluding hydrogens is 348 g/mol. The van der Waals surface area contributed by atoms with Gasteiger partial charge in [-0.2, -0.15) is 8.42 Å². The minimum absolute atomic E-state index is 0.00750. The van der Waals surface area contributed by atoms with Crippen molar-refractivity contribution in [2.24, 2.45) is 0 Å². The van der Waals surface area contributed by atoms with E-state index in [0.29, 0.717) is 16.6 Å². The van der Waals surface area contributed by atoms with E-state index in [1.807, 2.05) is 0 Å². The Labute approximate surface area is 143 Å². The Morgan fingerprint density at radius 3 is 2.68 bits per heavy atom. The van der Waals surface area contributed by atoms with E-state index in [1.165, 1.54) is 43.2 Å². The van der Waals surface area contributed by atoms with Crippen molar-refractivity contribution < 1.29 is 27.5 Å². The van der Waals surface area contributed by atoms with Gasteiger partial charge in [-0.05, 0) is 24.3 Å². The second-order valence-corrected chi connectivity index (χ2v) is 7.20. The fourth-order valence-electron chi connectivity index (χ4n) is 2.67. The molecule has 0 aliphatic rings. The number of carboxylic acid groups (broad SMARTS) is 1. The number of fused-ring (bicyclic) bond motifs is 1. The van der Waals surface area contributed by atoms with E-state index >= 15 is 0 Å². The molecule has 8 nitrogen and oxygen atoms in total. The Morgan fingerprint density at radius 1 is 1.32 bits per heavy atom. The van der Waals surface area contributed by atoms with Crippen LogP contribution in [-0.2, 0) is 21.5 Å². The Balaban J connectivity index is 2.24. The first-order valence-corrected chi connectivity index (χ1v) is 8.69. The molecule has 0 aliphatic heterocycles. The molecule has 25 heavy (non-hydrogen) atoms. The van der Waals surface area contributed by atoms with E-state index < -0.39 is 16.0 Å². The highest BCUT2D eigenvalue weighted by atomic mass is 32.2. The summed E-state index contributed by atoms with van der Waals surface area (Å²) in [6.07, 6.45) is 1.28. The summed E-state index contributed by atoms with van der Waals surface area (Å²) in [6.45, 7) is -0.0310. The average Bonchev–Trinajstić information content (AvgIpc) is 3.22. The molecule has 2 aromatic heterocycles. The standard InChI is InChI=1S/C16H16N2O6S/c1-17(25(21,22)14-7-4-8-24-14)12-6-3-5-11-9-13(16(19)20)18(10-23-2)15(11)12/h3-9H,10H2,1-2H3,(H,19,20). The number of carbonyl (C=O) groups is 1. The van der Waals surface area contributed by atoms with Crippen molar-refractivity contribution in [2.45, 2.75) is 11.8 Å². The summed E-state index contributed by atoms with van der Waals surface area (Å²) in [5.41, 5.74) is 0.769. The minimum Gasteiger partial charge on any atom is -0.477 e. The summed E-state index contributed by atoms with van der Waals surface area (Å²) in [5.74, 6) is -1.13. The maximum absolute atomic E-state index is 12.7. The zero-order chi connectivity index (χ0) is 18.2. The number of aromatic carboxylic acids is 1. The lowest BCUT2D eigenvalue weighted by atomic mass is 10.2. The monoisotopic (exact) mass is 364 g/mol. The lowest BCUT2D eigenvalue weighted by Crippen LogP contribution is -2.27. The Kier molecular flexibility index (Phi) is 4.27. The van der Waals surface area contributed by atoms with Gasteiger partial charge in [0.25, 0.3) is 10.0 Å². The SMILES string of the molecule is COCn1c(C(=O)O)cc2cccc(N(C)S(=O)(=O)c3ccco3)c21. The third-order valence-corrected chi connectivity index (χ3v) is 5.48. The quantitative estimate of drug-likeness (QED) is 0.720. The molecule has 1 aromatic carbocycles. The normalized spacial score (nSPS) is 11.8. The van der Waals surface area contributed by atoms with E-state index in [2.05, 4.69) is 0 Å². The lowest BCUT2D eigenvalue weighted by molar-refractivity contribution is 0.0664. The molecule has 0 saturated heterocycles. The summed E-state index contributed by atoms with van der Waals surface area (Å²) >= 11 is 0. The highest BCUT2D eigenvalue weighted by molar-refractivity contribution is 7.92. The number of aromatic nitrogens is 1. The molecule has 0 amide bonds. The number of benzene rings is 1. The second-order valence-electron chi connectivity index (χ2n) is 5.30. The molecule has 0 spiro atoms. The zero-order valence-corrected chi connectivity index (χ0v) is 14.4. The topological polar surface area (TPSA) is 102 Å². The van der Waals surface area contributed by atoms with E-state index in [-0.39, 0.29) is 17.5 Å². The smallest absolute Gasteiger partial charge is 0.352 e. The number of rotatable bonds is 6. The average molecular weight is 364 g/mol. The molecule has 132 valence electrons. The number of carboxylic acids is 1. The number of methoxy groups -OCH3 is 1. The van der Waals surface area contributed by atoms with Crippen LogP contribution >= 0.6 is 0 Å². The first-order chi connectivity index (χ1) is 11.9. The molecule has 3 rings (SSSR count). The van der Waals surface area contributed by atoms with Crippen molar-refractivity contribution in [2.75, 3.05) is 18.5 Å². The molecule has 3 aromatic rings. The summed E-state index contributed by atoms with van der Waals surface area (Å²) in [4.78, 5) is 11.5. The Morgan fingerprint density at radius 2 is 2.08 bits per heavy atom. The Hall–Kier alpha value is -2.78. The maximum Gasteiger partial charge on any atom is 0.352 e. The molecule has 0 aliphatic carbocycles. The molecular formula is C16H16N2O6S. The van der Waals surface area contributed by atoms with Crippen LogP contribution in [0.4, 0.5) is 5.69 Å². The number of ether oxygens (including phenoxy) is 1. The van der Waals surface area contributed by atoms with E-state index in [9.17, 15) is 18.3 Å². The summed E-state index contributed by atoms with van der Waals surface area (Å²) in [7, 11) is -1.10. The van der Waals surface area contributed by atoms with Gasteiger partial charge in [0.15, 0.2) is 0 Å².